The number of fused-ring (bicyclic) bond motifs is 1. The van der Waals surface area contributed by atoms with Gasteiger partial charge in [-0.25, -0.2) is 13.8 Å². The quantitative estimate of drug-likeness (QED) is 0.724. The predicted octanol–water partition coefficient (Wildman–Crippen LogP) is 4.01. The van der Waals surface area contributed by atoms with Gasteiger partial charge in [-0.05, 0) is 30.3 Å². The molecule has 3 rings (SSSR count). The number of nitrogen functional groups attached to an aromatic ring is 1. The SMILES string of the molecule is CC(C)c1nc2cc(N)ccc2n1-c1cccc(F)c1F. The molecule has 0 radical (unpaired) electrons. The molecule has 0 aliphatic carbocycles. The van der Waals surface area contributed by atoms with Crippen LogP contribution in [0.3, 0.4) is 0 Å². The molecule has 0 aliphatic heterocycles. The second-order valence-electron chi connectivity index (χ2n) is 5.28. The number of nitrogens with zero attached hydrogens (tertiary/aromatic N) is 2. The first-order valence-electron chi connectivity index (χ1n) is 6.71. The van der Waals surface area contributed by atoms with Crippen molar-refractivity contribution in [3.8, 4) is 5.69 Å². The van der Waals surface area contributed by atoms with Crippen molar-refractivity contribution < 1.29 is 8.78 Å². The lowest BCUT2D eigenvalue weighted by Gasteiger charge is -2.12. The summed E-state index contributed by atoms with van der Waals surface area (Å²) in [5.41, 5.74) is 7.89. The third-order valence-corrected chi connectivity index (χ3v) is 3.39. The third-order valence-electron chi connectivity index (χ3n) is 3.39. The number of anilines is 1. The molecule has 1 heterocycles. The van der Waals surface area contributed by atoms with Crippen LogP contribution in [0, 0.1) is 11.6 Å². The summed E-state index contributed by atoms with van der Waals surface area (Å²) in [6, 6.07) is 9.36. The number of benzene rings is 2. The van der Waals surface area contributed by atoms with E-state index in [9.17, 15) is 8.78 Å². The Morgan fingerprint density at radius 3 is 2.62 bits per heavy atom. The van der Waals surface area contributed by atoms with Gasteiger partial charge in [-0.3, -0.25) is 4.57 Å². The van der Waals surface area contributed by atoms with E-state index in [-0.39, 0.29) is 11.6 Å². The zero-order valence-corrected chi connectivity index (χ0v) is 11.8. The van der Waals surface area contributed by atoms with Crippen molar-refractivity contribution in [2.75, 3.05) is 5.73 Å². The topological polar surface area (TPSA) is 43.8 Å². The largest absolute Gasteiger partial charge is 0.399 e. The Hall–Kier alpha value is -2.43. The zero-order chi connectivity index (χ0) is 15.1. The van der Waals surface area contributed by atoms with Crippen LogP contribution in [0.15, 0.2) is 36.4 Å². The molecule has 0 bridgehead atoms. The van der Waals surface area contributed by atoms with Crippen molar-refractivity contribution in [1.82, 2.24) is 9.55 Å². The Morgan fingerprint density at radius 2 is 1.90 bits per heavy atom. The van der Waals surface area contributed by atoms with Crippen molar-refractivity contribution in [3.63, 3.8) is 0 Å². The summed E-state index contributed by atoms with van der Waals surface area (Å²) in [7, 11) is 0. The monoisotopic (exact) mass is 287 g/mol. The fraction of sp³-hybridized carbons (Fsp3) is 0.188. The zero-order valence-electron chi connectivity index (χ0n) is 11.8. The molecule has 2 N–H and O–H groups in total. The number of nitrogens with two attached hydrogens (primary N) is 1. The van der Waals surface area contributed by atoms with E-state index in [1.165, 1.54) is 6.07 Å². The van der Waals surface area contributed by atoms with Crippen LogP contribution in [0.1, 0.15) is 25.6 Å². The maximum absolute atomic E-state index is 14.2. The van der Waals surface area contributed by atoms with E-state index in [1.807, 2.05) is 13.8 Å². The van der Waals surface area contributed by atoms with Gasteiger partial charge in [0, 0.05) is 11.6 Å². The van der Waals surface area contributed by atoms with Crippen molar-refractivity contribution in [2.24, 2.45) is 0 Å². The molecule has 0 atom stereocenters. The highest BCUT2D eigenvalue weighted by Gasteiger charge is 2.19. The highest BCUT2D eigenvalue weighted by Crippen LogP contribution is 2.29. The third kappa shape index (κ3) is 2.14. The molecular formula is C16H15F2N3. The molecule has 3 nitrogen and oxygen atoms in total. The smallest absolute Gasteiger partial charge is 0.182 e. The Kier molecular flexibility index (Phi) is 3.12. The molecule has 0 fully saturated rings. The Morgan fingerprint density at radius 1 is 1.14 bits per heavy atom. The van der Waals surface area contributed by atoms with Gasteiger partial charge < -0.3 is 5.73 Å². The summed E-state index contributed by atoms with van der Waals surface area (Å²) in [5, 5.41) is 0. The minimum Gasteiger partial charge on any atom is -0.399 e. The average molecular weight is 287 g/mol. The Labute approximate surface area is 121 Å². The molecule has 5 heteroatoms. The van der Waals surface area contributed by atoms with Gasteiger partial charge in [-0.1, -0.05) is 19.9 Å². The summed E-state index contributed by atoms with van der Waals surface area (Å²) in [4.78, 5) is 4.51. The van der Waals surface area contributed by atoms with Gasteiger partial charge >= 0.3 is 0 Å². The van der Waals surface area contributed by atoms with Crippen LogP contribution in [-0.4, -0.2) is 9.55 Å². The summed E-state index contributed by atoms with van der Waals surface area (Å²) in [6.07, 6.45) is 0. The lowest BCUT2D eigenvalue weighted by atomic mass is 10.2. The van der Waals surface area contributed by atoms with E-state index >= 15 is 0 Å². The molecule has 0 amide bonds. The van der Waals surface area contributed by atoms with Crippen molar-refractivity contribution in [2.45, 2.75) is 19.8 Å². The second-order valence-corrected chi connectivity index (χ2v) is 5.28. The summed E-state index contributed by atoms with van der Waals surface area (Å²) < 4.78 is 29.4. The summed E-state index contributed by atoms with van der Waals surface area (Å²) in [5.74, 6) is -1.03. The first-order chi connectivity index (χ1) is 9.99. The number of imidazole rings is 1. The number of aromatic nitrogens is 2. The molecule has 1 aromatic heterocycles. The fourth-order valence-electron chi connectivity index (χ4n) is 2.42. The van der Waals surface area contributed by atoms with E-state index in [4.69, 9.17) is 5.73 Å². The first-order valence-corrected chi connectivity index (χ1v) is 6.71. The van der Waals surface area contributed by atoms with Crippen LogP contribution in [-0.2, 0) is 0 Å². The highest BCUT2D eigenvalue weighted by molar-refractivity contribution is 5.81. The number of hydrogen-bond acceptors (Lipinski definition) is 2. The molecular weight excluding hydrogens is 272 g/mol. The van der Waals surface area contributed by atoms with Gasteiger partial charge in [0.25, 0.3) is 0 Å². The van der Waals surface area contributed by atoms with Gasteiger partial charge in [-0.15, -0.1) is 0 Å². The van der Waals surface area contributed by atoms with Crippen molar-refractivity contribution in [1.29, 1.82) is 0 Å². The Balaban J connectivity index is 2.39. The van der Waals surface area contributed by atoms with E-state index in [0.29, 0.717) is 22.5 Å². The molecule has 0 saturated carbocycles. The predicted molar refractivity (Wildman–Crippen MR) is 79.5 cm³/mol. The van der Waals surface area contributed by atoms with Crippen LogP contribution in [0.4, 0.5) is 14.5 Å². The summed E-state index contributed by atoms with van der Waals surface area (Å²) in [6.45, 7) is 3.91. The molecule has 108 valence electrons. The van der Waals surface area contributed by atoms with Gasteiger partial charge in [0.1, 0.15) is 5.82 Å². The van der Waals surface area contributed by atoms with Gasteiger partial charge in [-0.2, -0.15) is 0 Å². The normalized spacial score (nSPS) is 11.5. The standard InChI is InChI=1S/C16H15F2N3/c1-9(2)16-20-12-8-10(19)6-7-13(12)21(16)14-5-3-4-11(17)15(14)18/h3-9H,19H2,1-2H3. The van der Waals surface area contributed by atoms with E-state index in [0.717, 1.165) is 6.07 Å². The minimum absolute atomic E-state index is 0.0568. The molecule has 2 aromatic carbocycles. The van der Waals surface area contributed by atoms with Gasteiger partial charge in [0.05, 0.1) is 16.7 Å². The van der Waals surface area contributed by atoms with Crippen LogP contribution in [0.25, 0.3) is 16.7 Å². The molecule has 0 unspecified atom stereocenters. The molecule has 0 spiro atoms. The van der Waals surface area contributed by atoms with E-state index < -0.39 is 11.6 Å². The van der Waals surface area contributed by atoms with Crippen molar-refractivity contribution >= 4 is 16.7 Å². The Bertz CT molecular complexity index is 822. The number of hydrogen-bond donors (Lipinski definition) is 1. The van der Waals surface area contributed by atoms with Crippen LogP contribution >= 0.6 is 0 Å². The average Bonchev–Trinajstić information content (AvgIpc) is 2.80. The van der Waals surface area contributed by atoms with Gasteiger partial charge in [0.15, 0.2) is 11.6 Å². The van der Waals surface area contributed by atoms with Crippen LogP contribution in [0.2, 0.25) is 0 Å². The van der Waals surface area contributed by atoms with E-state index in [1.54, 1.807) is 28.8 Å². The lowest BCUT2D eigenvalue weighted by Crippen LogP contribution is -2.06. The number of rotatable bonds is 2. The van der Waals surface area contributed by atoms with Crippen molar-refractivity contribution in [3.05, 3.63) is 53.9 Å². The second kappa shape index (κ2) is 4.84. The lowest BCUT2D eigenvalue weighted by molar-refractivity contribution is 0.503. The fourth-order valence-corrected chi connectivity index (χ4v) is 2.42. The van der Waals surface area contributed by atoms with Crippen LogP contribution in [0.5, 0.6) is 0 Å². The van der Waals surface area contributed by atoms with E-state index in [2.05, 4.69) is 4.98 Å². The van der Waals surface area contributed by atoms with Crippen LogP contribution < -0.4 is 5.73 Å². The number of halogens is 2. The molecule has 3 aromatic rings. The van der Waals surface area contributed by atoms with Gasteiger partial charge in [0.2, 0.25) is 0 Å². The maximum Gasteiger partial charge on any atom is 0.182 e. The molecule has 0 saturated heterocycles. The highest BCUT2D eigenvalue weighted by atomic mass is 19.2. The maximum atomic E-state index is 14.2. The summed E-state index contributed by atoms with van der Waals surface area (Å²) >= 11 is 0. The molecule has 0 aliphatic rings. The molecule has 21 heavy (non-hydrogen) atoms. The minimum atomic E-state index is -0.879. The first kappa shape index (κ1) is 13.5.